The third-order valence-corrected chi connectivity index (χ3v) is 6.51. The van der Waals surface area contributed by atoms with Crippen molar-refractivity contribution in [2.24, 2.45) is 0 Å². The van der Waals surface area contributed by atoms with E-state index in [0.717, 1.165) is 17.2 Å². The minimum Gasteiger partial charge on any atom is -0.497 e. The molecule has 2 atom stereocenters. The van der Waals surface area contributed by atoms with Crippen molar-refractivity contribution in [2.75, 3.05) is 12.4 Å². The molecular formula is C21H26N6O3S2. The smallest absolute Gasteiger partial charge is 0.239 e. The summed E-state index contributed by atoms with van der Waals surface area (Å²) in [5, 5.41) is 21.0. The van der Waals surface area contributed by atoms with Crippen LogP contribution >= 0.6 is 23.1 Å². The summed E-state index contributed by atoms with van der Waals surface area (Å²) in [6.45, 7) is 10.0. The van der Waals surface area contributed by atoms with Crippen LogP contribution in [0.1, 0.15) is 37.7 Å². The zero-order chi connectivity index (χ0) is 23.1. The molecule has 1 N–H and O–H groups in total. The number of aromatic nitrogens is 5. The van der Waals surface area contributed by atoms with Gasteiger partial charge < -0.3 is 9.47 Å². The van der Waals surface area contributed by atoms with E-state index in [4.69, 9.17) is 9.47 Å². The highest BCUT2D eigenvalue weighted by atomic mass is 32.2. The third-order valence-electron chi connectivity index (χ3n) is 4.44. The van der Waals surface area contributed by atoms with Gasteiger partial charge in [-0.2, -0.15) is 0 Å². The molecule has 2 heterocycles. The summed E-state index contributed by atoms with van der Waals surface area (Å²) in [4.78, 5) is 12.6. The number of carbonyl (C=O) groups excluding carboxylic acids is 1. The number of carbonyl (C=O) groups is 1. The molecule has 11 heteroatoms. The molecule has 0 spiro atoms. The van der Waals surface area contributed by atoms with Gasteiger partial charge in [-0.15, -0.1) is 27.0 Å². The normalized spacial score (nSPS) is 12.8. The summed E-state index contributed by atoms with van der Waals surface area (Å²) in [5.41, 5.74) is 0. The molecule has 0 bridgehead atoms. The number of nitrogens with zero attached hydrogens (tertiary/aromatic N) is 5. The number of anilines is 1. The van der Waals surface area contributed by atoms with E-state index in [1.807, 2.05) is 49.6 Å². The fourth-order valence-corrected chi connectivity index (χ4v) is 4.31. The lowest BCUT2D eigenvalue weighted by atomic mass is 10.3. The molecule has 3 rings (SSSR count). The highest BCUT2D eigenvalue weighted by Crippen LogP contribution is 2.28. The highest BCUT2D eigenvalue weighted by Gasteiger charge is 2.23. The van der Waals surface area contributed by atoms with Crippen LogP contribution in [0.4, 0.5) is 5.13 Å². The highest BCUT2D eigenvalue weighted by molar-refractivity contribution is 8.00. The van der Waals surface area contributed by atoms with Crippen LogP contribution in [0.2, 0.25) is 0 Å². The van der Waals surface area contributed by atoms with Crippen LogP contribution in [0.25, 0.3) is 0 Å². The molecule has 1 aromatic carbocycles. The van der Waals surface area contributed by atoms with Crippen LogP contribution < -0.4 is 14.8 Å². The van der Waals surface area contributed by atoms with Crippen molar-refractivity contribution in [2.45, 2.75) is 50.2 Å². The number of allylic oxidation sites excluding steroid dienone is 1. The molecule has 1 amide bonds. The molecule has 0 aliphatic carbocycles. The molecular weight excluding hydrogens is 448 g/mol. The fraction of sp³-hybridized carbons (Fsp3) is 0.381. The van der Waals surface area contributed by atoms with Gasteiger partial charge in [0.1, 0.15) is 16.5 Å². The van der Waals surface area contributed by atoms with Crippen LogP contribution in [-0.2, 0) is 17.8 Å². The van der Waals surface area contributed by atoms with Gasteiger partial charge in [0.2, 0.25) is 11.0 Å². The molecule has 0 aliphatic heterocycles. The van der Waals surface area contributed by atoms with Crippen molar-refractivity contribution >= 4 is 34.1 Å². The van der Waals surface area contributed by atoms with Gasteiger partial charge in [-0.1, -0.05) is 36.1 Å². The molecule has 0 fully saturated rings. The molecule has 170 valence electrons. The summed E-state index contributed by atoms with van der Waals surface area (Å²) in [6, 6.07) is 7.34. The van der Waals surface area contributed by atoms with Gasteiger partial charge in [-0.05, 0) is 44.5 Å². The minimum absolute atomic E-state index is 0.175. The third kappa shape index (κ3) is 5.86. The Kier molecular flexibility index (Phi) is 8.23. The zero-order valence-corrected chi connectivity index (χ0v) is 20.1. The first-order valence-corrected chi connectivity index (χ1v) is 11.8. The Morgan fingerprint density at radius 3 is 2.56 bits per heavy atom. The standard InChI is InChI=1S/C21H26N6O3S2/c1-6-12-27-18(13(3)30-16-10-8-15(29-5)9-11-16)24-26-21(27)31-14(4)19(28)22-20-25-23-17(7-2)32-20/h6,8-11,13-14H,1,7,12H2,2-5H3,(H,22,25,28). The van der Waals surface area contributed by atoms with Gasteiger partial charge in [0, 0.05) is 6.54 Å². The van der Waals surface area contributed by atoms with Crippen molar-refractivity contribution in [1.82, 2.24) is 25.0 Å². The lowest BCUT2D eigenvalue weighted by molar-refractivity contribution is -0.115. The van der Waals surface area contributed by atoms with Crippen LogP contribution in [0.5, 0.6) is 11.5 Å². The monoisotopic (exact) mass is 474 g/mol. The first kappa shape index (κ1) is 23.7. The van der Waals surface area contributed by atoms with Gasteiger partial charge in [0.15, 0.2) is 17.1 Å². The Balaban J connectivity index is 1.69. The summed E-state index contributed by atoms with van der Waals surface area (Å²) >= 11 is 2.69. The Morgan fingerprint density at radius 1 is 1.22 bits per heavy atom. The molecule has 3 aromatic rings. The second-order valence-electron chi connectivity index (χ2n) is 6.78. The number of rotatable bonds is 11. The number of ether oxygens (including phenoxy) is 2. The SMILES string of the molecule is C=CCn1c(SC(C)C(=O)Nc2nnc(CC)s2)nnc1C(C)Oc1ccc(OC)cc1. The molecule has 2 aromatic heterocycles. The van der Waals surface area contributed by atoms with E-state index >= 15 is 0 Å². The van der Waals surface area contributed by atoms with E-state index in [9.17, 15) is 4.79 Å². The molecule has 0 aliphatic rings. The van der Waals surface area contributed by atoms with Crippen molar-refractivity contribution in [1.29, 1.82) is 0 Å². The van der Waals surface area contributed by atoms with E-state index in [1.54, 1.807) is 13.2 Å². The molecule has 0 saturated carbocycles. The number of thioether (sulfide) groups is 1. The fourth-order valence-electron chi connectivity index (χ4n) is 2.77. The zero-order valence-electron chi connectivity index (χ0n) is 18.4. The molecule has 9 nitrogen and oxygen atoms in total. The topological polar surface area (TPSA) is 104 Å². The van der Waals surface area contributed by atoms with E-state index < -0.39 is 5.25 Å². The average Bonchev–Trinajstić information content (AvgIpc) is 3.41. The Labute approximate surface area is 195 Å². The maximum absolute atomic E-state index is 12.6. The maximum Gasteiger partial charge on any atom is 0.239 e. The van der Waals surface area contributed by atoms with E-state index in [-0.39, 0.29) is 12.0 Å². The Bertz CT molecular complexity index is 1050. The second kappa shape index (κ2) is 11.1. The van der Waals surface area contributed by atoms with Crippen LogP contribution in [-0.4, -0.2) is 43.2 Å². The Hall–Kier alpha value is -2.92. The molecule has 0 radical (unpaired) electrons. The van der Waals surface area contributed by atoms with Crippen LogP contribution in [0.3, 0.4) is 0 Å². The van der Waals surface area contributed by atoms with Crippen molar-refractivity contribution in [3.8, 4) is 11.5 Å². The predicted molar refractivity (Wildman–Crippen MR) is 125 cm³/mol. The van der Waals surface area contributed by atoms with Crippen molar-refractivity contribution in [3.05, 3.63) is 47.8 Å². The lowest BCUT2D eigenvalue weighted by Gasteiger charge is -2.16. The number of hydrogen-bond donors (Lipinski definition) is 1. The number of nitrogens with one attached hydrogen (secondary N) is 1. The largest absolute Gasteiger partial charge is 0.497 e. The minimum atomic E-state index is -0.414. The maximum atomic E-state index is 12.6. The summed E-state index contributed by atoms with van der Waals surface area (Å²) in [7, 11) is 1.62. The van der Waals surface area contributed by atoms with Gasteiger partial charge in [-0.3, -0.25) is 14.7 Å². The summed E-state index contributed by atoms with van der Waals surface area (Å²) < 4.78 is 13.1. The summed E-state index contributed by atoms with van der Waals surface area (Å²) in [6.07, 6.45) is 2.18. The first-order chi connectivity index (χ1) is 15.4. The van der Waals surface area contributed by atoms with E-state index in [2.05, 4.69) is 32.3 Å². The molecule has 0 saturated heterocycles. The van der Waals surface area contributed by atoms with Gasteiger partial charge in [0.05, 0.1) is 12.4 Å². The average molecular weight is 475 g/mol. The number of amides is 1. The number of benzene rings is 1. The quantitative estimate of drug-likeness (QED) is 0.327. The van der Waals surface area contributed by atoms with Crippen molar-refractivity contribution < 1.29 is 14.3 Å². The van der Waals surface area contributed by atoms with Gasteiger partial charge >= 0.3 is 0 Å². The van der Waals surface area contributed by atoms with E-state index in [0.29, 0.717) is 28.4 Å². The summed E-state index contributed by atoms with van der Waals surface area (Å²) in [5.74, 6) is 1.92. The van der Waals surface area contributed by atoms with E-state index in [1.165, 1.54) is 23.1 Å². The van der Waals surface area contributed by atoms with Gasteiger partial charge in [-0.25, -0.2) is 0 Å². The Morgan fingerprint density at radius 2 is 1.94 bits per heavy atom. The predicted octanol–water partition coefficient (Wildman–Crippen LogP) is 4.15. The first-order valence-electron chi connectivity index (χ1n) is 10.1. The number of methoxy groups -OCH3 is 1. The van der Waals surface area contributed by atoms with Gasteiger partial charge in [0.25, 0.3) is 0 Å². The molecule has 2 unspecified atom stereocenters. The molecule has 32 heavy (non-hydrogen) atoms. The van der Waals surface area contributed by atoms with Crippen molar-refractivity contribution in [3.63, 3.8) is 0 Å². The lowest BCUT2D eigenvalue weighted by Crippen LogP contribution is -2.23. The van der Waals surface area contributed by atoms with Crippen LogP contribution in [0, 0.1) is 0 Å². The van der Waals surface area contributed by atoms with Crippen LogP contribution in [0.15, 0.2) is 42.1 Å². The number of hydrogen-bond acceptors (Lipinski definition) is 9. The number of aryl methyl sites for hydroxylation is 1. The second-order valence-corrected chi connectivity index (χ2v) is 9.15.